The van der Waals surface area contributed by atoms with Gasteiger partial charge in [0, 0.05) is 54.5 Å². The smallest absolute Gasteiger partial charge is 0.104 e. The van der Waals surface area contributed by atoms with Gasteiger partial charge in [-0.1, -0.05) is 115 Å². The van der Waals surface area contributed by atoms with E-state index in [2.05, 4.69) is 225 Å². The van der Waals surface area contributed by atoms with Gasteiger partial charge in [-0.25, -0.2) is 0 Å². The highest BCUT2D eigenvalue weighted by Gasteiger charge is 2.24. The van der Waals surface area contributed by atoms with Crippen molar-refractivity contribution < 1.29 is 0 Å². The summed E-state index contributed by atoms with van der Waals surface area (Å²) in [5, 5.41) is 20.8. The first-order valence-electron chi connectivity index (χ1n) is 20.3. The van der Waals surface area contributed by atoms with E-state index in [-0.39, 0.29) is 0 Å². The van der Waals surface area contributed by atoms with Crippen molar-refractivity contribution in [3.8, 4) is 28.8 Å². The molecule has 0 atom stereocenters. The first-order chi connectivity index (χ1) is 29.8. The molecule has 0 saturated carbocycles. The summed E-state index contributed by atoms with van der Waals surface area (Å²) in [5.74, 6) is 0. The fourth-order valence-electron chi connectivity index (χ4n) is 10.1. The van der Waals surface area contributed by atoms with E-state index in [0.717, 1.165) is 88.4 Å². The van der Waals surface area contributed by atoms with Crippen LogP contribution in [-0.4, -0.2) is 18.3 Å². The van der Waals surface area contributed by atoms with Crippen molar-refractivity contribution in [2.75, 3.05) is 0 Å². The molecule has 0 saturated heterocycles. The van der Waals surface area contributed by atoms with Gasteiger partial charge in [0.1, 0.15) is 11.6 Å². The van der Waals surface area contributed by atoms with Crippen LogP contribution in [-0.2, 0) is 0 Å². The molecule has 0 bridgehead atoms. The first kappa shape index (κ1) is 32.7. The summed E-state index contributed by atoms with van der Waals surface area (Å²) in [4.78, 5) is 0. The predicted molar refractivity (Wildman–Crippen MR) is 249 cm³/mol. The average Bonchev–Trinajstić information content (AvgIpc) is 4.02. The number of nitriles is 1. The standard InChI is InChI=1S/C55H33N5/c56-34-45-50(59-48-26-13-9-22-39(48)43-30-41-37-20-7-11-24-46(37)57(52(41)32-54(43)59)35-16-3-1-4-17-35)28-15-29-51(45)60-49-27-14-10-23-40(49)44-31-42-38-21-8-12-25-47(38)58(53(42)33-55(44)60)36-18-5-2-6-19-36/h1-33H. The summed E-state index contributed by atoms with van der Waals surface area (Å²) in [6, 6.07) is 74.1. The quantitative estimate of drug-likeness (QED) is 0.176. The van der Waals surface area contributed by atoms with E-state index in [1.54, 1.807) is 0 Å². The molecule has 5 heteroatoms. The lowest BCUT2D eigenvalue weighted by molar-refractivity contribution is 1.11. The number of para-hydroxylation sites is 6. The van der Waals surface area contributed by atoms with Crippen molar-refractivity contribution in [1.82, 2.24) is 18.3 Å². The number of hydrogen-bond acceptors (Lipinski definition) is 1. The molecule has 4 aromatic heterocycles. The van der Waals surface area contributed by atoms with Crippen LogP contribution in [0.5, 0.6) is 0 Å². The van der Waals surface area contributed by atoms with Crippen LogP contribution < -0.4 is 0 Å². The Morgan fingerprint density at radius 3 is 0.950 bits per heavy atom. The molecule has 0 unspecified atom stereocenters. The monoisotopic (exact) mass is 763 g/mol. The fourth-order valence-corrected chi connectivity index (χ4v) is 10.1. The summed E-state index contributed by atoms with van der Waals surface area (Å²) in [6.45, 7) is 0. The third-order valence-electron chi connectivity index (χ3n) is 12.6. The van der Waals surface area contributed by atoms with E-state index in [4.69, 9.17) is 0 Å². The molecule has 0 fully saturated rings. The lowest BCUT2D eigenvalue weighted by Gasteiger charge is -2.16. The Labute approximate surface area is 344 Å². The van der Waals surface area contributed by atoms with Crippen molar-refractivity contribution in [2.24, 2.45) is 0 Å². The van der Waals surface area contributed by atoms with Crippen molar-refractivity contribution in [2.45, 2.75) is 0 Å². The zero-order valence-corrected chi connectivity index (χ0v) is 32.3. The molecule has 0 radical (unpaired) electrons. The van der Waals surface area contributed by atoms with Gasteiger partial charge in [-0.05, 0) is 84.9 Å². The van der Waals surface area contributed by atoms with Crippen molar-refractivity contribution in [3.63, 3.8) is 0 Å². The molecule has 0 spiro atoms. The molecule has 60 heavy (non-hydrogen) atoms. The molecule has 5 nitrogen and oxygen atoms in total. The molecule has 4 heterocycles. The third-order valence-corrected chi connectivity index (χ3v) is 12.6. The van der Waals surface area contributed by atoms with E-state index < -0.39 is 0 Å². The maximum atomic E-state index is 11.4. The van der Waals surface area contributed by atoms with Crippen LogP contribution in [0.15, 0.2) is 200 Å². The highest BCUT2D eigenvalue weighted by molar-refractivity contribution is 6.21. The minimum absolute atomic E-state index is 0.607. The van der Waals surface area contributed by atoms with Crippen molar-refractivity contribution in [3.05, 3.63) is 206 Å². The molecule has 13 rings (SSSR count). The van der Waals surface area contributed by atoms with Crippen molar-refractivity contribution >= 4 is 87.2 Å². The van der Waals surface area contributed by atoms with Gasteiger partial charge in [0.2, 0.25) is 0 Å². The van der Waals surface area contributed by atoms with Crippen molar-refractivity contribution in [1.29, 1.82) is 5.26 Å². The zero-order valence-electron chi connectivity index (χ0n) is 32.3. The summed E-state index contributed by atoms with van der Waals surface area (Å²) < 4.78 is 9.33. The number of fused-ring (bicyclic) bond motifs is 12. The highest BCUT2D eigenvalue weighted by Crippen LogP contribution is 2.43. The van der Waals surface area contributed by atoms with Crippen LogP contribution in [0.4, 0.5) is 0 Å². The second kappa shape index (κ2) is 12.3. The summed E-state index contributed by atoms with van der Waals surface area (Å²) in [7, 11) is 0. The topological polar surface area (TPSA) is 43.5 Å². The molecule has 13 aromatic rings. The predicted octanol–water partition coefficient (Wildman–Crippen LogP) is 13.9. The summed E-state index contributed by atoms with van der Waals surface area (Å²) in [6.07, 6.45) is 0. The van der Waals surface area contributed by atoms with Crippen LogP contribution in [0.2, 0.25) is 0 Å². The average molecular weight is 764 g/mol. The van der Waals surface area contributed by atoms with Crippen LogP contribution in [0.3, 0.4) is 0 Å². The third kappa shape index (κ3) is 4.39. The molecular weight excluding hydrogens is 731 g/mol. The fraction of sp³-hybridized carbons (Fsp3) is 0. The van der Waals surface area contributed by atoms with E-state index in [1.165, 1.54) is 21.5 Å². The van der Waals surface area contributed by atoms with Gasteiger partial charge in [-0.2, -0.15) is 5.26 Å². The van der Waals surface area contributed by atoms with Gasteiger partial charge >= 0.3 is 0 Å². The second-order valence-corrected chi connectivity index (χ2v) is 15.6. The summed E-state index contributed by atoms with van der Waals surface area (Å²) in [5.41, 5.74) is 13.3. The van der Waals surface area contributed by atoms with Gasteiger partial charge in [-0.15, -0.1) is 0 Å². The molecule has 278 valence electrons. The molecule has 0 aliphatic heterocycles. The zero-order chi connectivity index (χ0) is 39.5. The number of aromatic nitrogens is 4. The van der Waals surface area contributed by atoms with Crippen LogP contribution in [0.25, 0.3) is 110 Å². The number of benzene rings is 9. The SMILES string of the molecule is N#Cc1c(-n2c3ccccc3c3cc4c5ccccc5n(-c5ccccc5)c4cc32)cccc1-n1c2ccccc2c2cc3c4ccccc4n(-c4ccccc4)c3cc21. The Bertz CT molecular complexity index is 3700. The Morgan fingerprint density at radius 2 is 0.583 bits per heavy atom. The van der Waals surface area contributed by atoms with Crippen LogP contribution in [0.1, 0.15) is 5.56 Å². The van der Waals surface area contributed by atoms with Crippen LogP contribution >= 0.6 is 0 Å². The van der Waals surface area contributed by atoms with Gasteiger partial charge in [0.05, 0.1) is 55.5 Å². The van der Waals surface area contributed by atoms with E-state index in [0.29, 0.717) is 5.56 Å². The Morgan fingerprint density at radius 1 is 0.267 bits per heavy atom. The normalized spacial score (nSPS) is 12.0. The molecule has 9 aromatic carbocycles. The number of nitrogens with zero attached hydrogens (tertiary/aromatic N) is 5. The van der Waals surface area contributed by atoms with E-state index >= 15 is 0 Å². The van der Waals surface area contributed by atoms with Gasteiger partial charge in [0.25, 0.3) is 0 Å². The van der Waals surface area contributed by atoms with Crippen LogP contribution in [0, 0.1) is 11.3 Å². The lowest BCUT2D eigenvalue weighted by atomic mass is 10.1. The molecule has 0 amide bonds. The number of rotatable bonds is 4. The first-order valence-corrected chi connectivity index (χ1v) is 20.3. The maximum absolute atomic E-state index is 11.4. The largest absolute Gasteiger partial charge is 0.309 e. The lowest BCUT2D eigenvalue weighted by Crippen LogP contribution is -2.04. The van der Waals surface area contributed by atoms with E-state index in [9.17, 15) is 5.26 Å². The molecular formula is C55H33N5. The Balaban J connectivity index is 1.13. The Hall–Kier alpha value is -8.33. The Kier molecular flexibility index (Phi) is 6.73. The van der Waals surface area contributed by atoms with Gasteiger partial charge in [-0.3, -0.25) is 0 Å². The summed E-state index contributed by atoms with van der Waals surface area (Å²) >= 11 is 0. The molecule has 0 aliphatic rings. The van der Waals surface area contributed by atoms with E-state index in [1.807, 2.05) is 0 Å². The minimum Gasteiger partial charge on any atom is -0.309 e. The van der Waals surface area contributed by atoms with Gasteiger partial charge in [0.15, 0.2) is 0 Å². The maximum Gasteiger partial charge on any atom is 0.104 e. The molecule has 0 aliphatic carbocycles. The number of hydrogen-bond donors (Lipinski definition) is 0. The van der Waals surface area contributed by atoms with Gasteiger partial charge < -0.3 is 18.3 Å². The minimum atomic E-state index is 0.607. The second-order valence-electron chi connectivity index (χ2n) is 15.6. The molecule has 0 N–H and O–H groups in total. The highest BCUT2D eigenvalue weighted by atomic mass is 15.0.